The highest BCUT2D eigenvalue weighted by Crippen LogP contribution is 2.27. The summed E-state index contributed by atoms with van der Waals surface area (Å²) in [5.41, 5.74) is 8.23. The predicted octanol–water partition coefficient (Wildman–Crippen LogP) is 3.07. The van der Waals surface area contributed by atoms with Crippen molar-refractivity contribution < 1.29 is 5.21 Å². The monoisotopic (exact) mass is 289 g/mol. The Kier molecular flexibility index (Phi) is 4.48. The Bertz CT molecular complexity index is 614. The van der Waals surface area contributed by atoms with Crippen molar-refractivity contribution in [2.45, 2.75) is 6.54 Å². The van der Waals surface area contributed by atoms with Crippen molar-refractivity contribution >= 4 is 23.1 Å². The number of nitrogens with two attached hydrogens (primary N) is 1. The van der Waals surface area contributed by atoms with Gasteiger partial charge in [-0.3, -0.25) is 0 Å². The first-order valence-electron chi connectivity index (χ1n) is 6.14. The number of oxime groups is 1. The van der Waals surface area contributed by atoms with Crippen molar-refractivity contribution in [2.75, 3.05) is 11.9 Å². The molecular weight excluding hydrogens is 274 g/mol. The maximum atomic E-state index is 8.66. The van der Waals surface area contributed by atoms with Crippen LogP contribution in [0.4, 0.5) is 5.69 Å². The first kappa shape index (κ1) is 14.2. The molecule has 0 aliphatic heterocycles. The zero-order chi connectivity index (χ0) is 14.5. The van der Waals surface area contributed by atoms with Gasteiger partial charge in [-0.15, -0.1) is 0 Å². The molecule has 3 N–H and O–H groups in total. The fraction of sp³-hybridized carbons (Fsp3) is 0.133. The van der Waals surface area contributed by atoms with E-state index in [2.05, 4.69) is 17.3 Å². The van der Waals surface area contributed by atoms with Gasteiger partial charge in [0, 0.05) is 19.2 Å². The third-order valence-corrected chi connectivity index (χ3v) is 3.33. The molecule has 0 saturated heterocycles. The largest absolute Gasteiger partial charge is 0.409 e. The maximum absolute atomic E-state index is 8.66. The van der Waals surface area contributed by atoms with Crippen molar-refractivity contribution in [3.63, 3.8) is 0 Å². The Morgan fingerprint density at radius 1 is 1.25 bits per heavy atom. The normalized spacial score (nSPS) is 11.4. The van der Waals surface area contributed by atoms with Gasteiger partial charge in [-0.1, -0.05) is 47.1 Å². The number of hydrogen-bond acceptors (Lipinski definition) is 3. The van der Waals surface area contributed by atoms with Crippen LogP contribution in [0.2, 0.25) is 5.02 Å². The standard InChI is InChI=1S/C15H16ClN3O/c1-19(10-11-5-3-2-4-6-11)14-8-7-12(9-13(14)16)15(17)18-20/h2-9,20H,10H2,1H3,(H2,17,18). The molecule has 104 valence electrons. The fourth-order valence-corrected chi connectivity index (χ4v) is 2.30. The zero-order valence-electron chi connectivity index (χ0n) is 11.1. The van der Waals surface area contributed by atoms with Crippen molar-refractivity contribution in [2.24, 2.45) is 10.9 Å². The highest BCUT2D eigenvalue weighted by molar-refractivity contribution is 6.33. The summed E-state index contributed by atoms with van der Waals surface area (Å²) in [7, 11) is 1.97. The number of halogens is 1. The lowest BCUT2D eigenvalue weighted by atomic mass is 10.1. The van der Waals surface area contributed by atoms with E-state index < -0.39 is 0 Å². The van der Waals surface area contributed by atoms with Crippen LogP contribution in [0.3, 0.4) is 0 Å². The van der Waals surface area contributed by atoms with E-state index in [4.69, 9.17) is 22.5 Å². The molecule has 4 nitrogen and oxygen atoms in total. The minimum atomic E-state index is 0.0455. The second kappa shape index (κ2) is 6.30. The number of anilines is 1. The first-order valence-corrected chi connectivity index (χ1v) is 6.52. The Hall–Kier alpha value is -2.20. The third kappa shape index (κ3) is 3.22. The molecule has 0 aromatic heterocycles. The SMILES string of the molecule is CN(Cc1ccccc1)c1ccc(C(N)=NO)cc1Cl. The predicted molar refractivity (Wildman–Crippen MR) is 82.5 cm³/mol. The Balaban J connectivity index is 2.20. The number of amidine groups is 1. The van der Waals surface area contributed by atoms with Crippen LogP contribution < -0.4 is 10.6 Å². The number of nitrogens with zero attached hydrogens (tertiary/aromatic N) is 2. The highest BCUT2D eigenvalue weighted by atomic mass is 35.5. The minimum absolute atomic E-state index is 0.0455. The molecule has 0 saturated carbocycles. The van der Waals surface area contributed by atoms with Gasteiger partial charge in [-0.05, 0) is 23.8 Å². The molecular formula is C15H16ClN3O. The summed E-state index contributed by atoms with van der Waals surface area (Å²) in [6, 6.07) is 15.5. The van der Waals surface area contributed by atoms with Crippen LogP contribution in [0.1, 0.15) is 11.1 Å². The van der Waals surface area contributed by atoms with E-state index in [9.17, 15) is 0 Å². The lowest BCUT2D eigenvalue weighted by molar-refractivity contribution is 0.318. The fourth-order valence-electron chi connectivity index (χ4n) is 1.98. The van der Waals surface area contributed by atoms with Crippen molar-refractivity contribution in [3.8, 4) is 0 Å². The van der Waals surface area contributed by atoms with Gasteiger partial charge in [0.2, 0.25) is 0 Å². The van der Waals surface area contributed by atoms with E-state index in [1.165, 1.54) is 5.56 Å². The smallest absolute Gasteiger partial charge is 0.170 e. The topological polar surface area (TPSA) is 61.8 Å². The lowest BCUT2D eigenvalue weighted by Gasteiger charge is -2.21. The molecule has 0 amide bonds. The summed E-state index contributed by atoms with van der Waals surface area (Å²) >= 11 is 6.26. The van der Waals surface area contributed by atoms with E-state index in [0.717, 1.165) is 12.2 Å². The lowest BCUT2D eigenvalue weighted by Crippen LogP contribution is -2.18. The van der Waals surface area contributed by atoms with Crippen LogP contribution in [0, 0.1) is 0 Å². The second-order valence-electron chi connectivity index (χ2n) is 4.49. The molecule has 0 unspecified atom stereocenters. The molecule has 0 fully saturated rings. The Morgan fingerprint density at radius 2 is 1.95 bits per heavy atom. The molecule has 0 aliphatic rings. The van der Waals surface area contributed by atoms with Gasteiger partial charge in [-0.2, -0.15) is 0 Å². The Morgan fingerprint density at radius 3 is 2.55 bits per heavy atom. The molecule has 0 aliphatic carbocycles. The molecule has 0 heterocycles. The third-order valence-electron chi connectivity index (χ3n) is 3.02. The molecule has 0 bridgehead atoms. The average molecular weight is 290 g/mol. The van der Waals surface area contributed by atoms with Crippen LogP contribution in [0.25, 0.3) is 0 Å². The minimum Gasteiger partial charge on any atom is -0.409 e. The van der Waals surface area contributed by atoms with Crippen LogP contribution in [0.15, 0.2) is 53.7 Å². The van der Waals surface area contributed by atoms with Gasteiger partial charge in [0.25, 0.3) is 0 Å². The quantitative estimate of drug-likeness (QED) is 0.393. The second-order valence-corrected chi connectivity index (χ2v) is 4.90. The van der Waals surface area contributed by atoms with E-state index in [0.29, 0.717) is 10.6 Å². The molecule has 0 spiro atoms. The van der Waals surface area contributed by atoms with Crippen LogP contribution in [0.5, 0.6) is 0 Å². The summed E-state index contributed by atoms with van der Waals surface area (Å²) in [6.07, 6.45) is 0. The van der Waals surface area contributed by atoms with Gasteiger partial charge in [0.05, 0.1) is 10.7 Å². The van der Waals surface area contributed by atoms with Gasteiger partial charge < -0.3 is 15.8 Å². The molecule has 2 aromatic rings. The number of benzene rings is 2. The van der Waals surface area contributed by atoms with Gasteiger partial charge in [0.15, 0.2) is 5.84 Å². The molecule has 5 heteroatoms. The number of rotatable bonds is 4. The van der Waals surface area contributed by atoms with E-state index in [-0.39, 0.29) is 5.84 Å². The molecule has 2 rings (SSSR count). The van der Waals surface area contributed by atoms with Crippen LogP contribution >= 0.6 is 11.6 Å². The average Bonchev–Trinajstić information content (AvgIpc) is 2.47. The van der Waals surface area contributed by atoms with Crippen molar-refractivity contribution in [3.05, 3.63) is 64.7 Å². The van der Waals surface area contributed by atoms with Gasteiger partial charge in [0.1, 0.15) is 0 Å². The van der Waals surface area contributed by atoms with Gasteiger partial charge >= 0.3 is 0 Å². The van der Waals surface area contributed by atoms with Crippen LogP contribution in [-0.4, -0.2) is 18.1 Å². The summed E-state index contributed by atoms with van der Waals surface area (Å²) in [5, 5.41) is 12.2. The van der Waals surface area contributed by atoms with Gasteiger partial charge in [-0.25, -0.2) is 0 Å². The summed E-state index contributed by atoms with van der Waals surface area (Å²) in [6.45, 7) is 0.753. The molecule has 0 atom stereocenters. The van der Waals surface area contributed by atoms with Crippen LogP contribution in [-0.2, 0) is 6.54 Å². The maximum Gasteiger partial charge on any atom is 0.170 e. The zero-order valence-corrected chi connectivity index (χ0v) is 11.9. The molecule has 20 heavy (non-hydrogen) atoms. The van der Waals surface area contributed by atoms with E-state index >= 15 is 0 Å². The number of hydrogen-bond donors (Lipinski definition) is 2. The van der Waals surface area contributed by atoms with E-state index in [1.54, 1.807) is 12.1 Å². The summed E-state index contributed by atoms with van der Waals surface area (Å²) in [5.74, 6) is 0.0455. The van der Waals surface area contributed by atoms with E-state index in [1.807, 2.05) is 36.2 Å². The molecule has 0 radical (unpaired) electrons. The molecule has 2 aromatic carbocycles. The highest BCUT2D eigenvalue weighted by Gasteiger charge is 2.09. The summed E-state index contributed by atoms with van der Waals surface area (Å²) < 4.78 is 0. The summed E-state index contributed by atoms with van der Waals surface area (Å²) in [4.78, 5) is 2.05. The Labute approximate surface area is 123 Å². The van der Waals surface area contributed by atoms with Crippen molar-refractivity contribution in [1.82, 2.24) is 0 Å². The first-order chi connectivity index (χ1) is 9.61. The van der Waals surface area contributed by atoms with Crippen molar-refractivity contribution in [1.29, 1.82) is 0 Å².